The van der Waals surface area contributed by atoms with Crippen LogP contribution in [0.5, 0.6) is 0 Å². The van der Waals surface area contributed by atoms with Gasteiger partial charge in [0, 0.05) is 19.0 Å². The fraction of sp³-hybridized carbons (Fsp3) is 0.412. The van der Waals surface area contributed by atoms with Crippen LogP contribution < -0.4 is 0 Å². The molecule has 0 bridgehead atoms. The second-order valence-electron chi connectivity index (χ2n) is 6.01. The maximum Gasteiger partial charge on any atom is 0.335 e. The fourth-order valence-electron chi connectivity index (χ4n) is 3.03. The van der Waals surface area contributed by atoms with Crippen molar-refractivity contribution in [3.05, 3.63) is 35.4 Å². The molecule has 2 heterocycles. The lowest BCUT2D eigenvalue weighted by molar-refractivity contribution is -0.170. The number of imide groups is 1. The summed E-state index contributed by atoms with van der Waals surface area (Å²) in [5.41, 5.74) is 0.434. The molecule has 0 aromatic heterocycles. The van der Waals surface area contributed by atoms with Crippen LogP contribution >= 0.6 is 0 Å². The van der Waals surface area contributed by atoms with Crippen LogP contribution in [0.25, 0.3) is 0 Å². The molecule has 0 N–H and O–H groups in total. The van der Waals surface area contributed by atoms with E-state index in [1.54, 1.807) is 24.0 Å². The normalized spacial score (nSPS) is 18.6. The first-order chi connectivity index (χ1) is 11.5. The lowest BCUT2D eigenvalue weighted by atomic mass is 10.1. The largest absolute Gasteiger partial charge is 0.339 e. The summed E-state index contributed by atoms with van der Waals surface area (Å²) >= 11 is 0. The standard InChI is InChI=1S/C17H18N2O5/c1-11(18-9-5-4-8-14(18)20)10-15(21)24-19-16(22)12-6-2-3-7-13(12)17(19)23/h2-3,6-7,11H,4-5,8-10H2,1H3. The number of piperidine rings is 1. The van der Waals surface area contributed by atoms with Crippen LogP contribution in [0, 0.1) is 0 Å². The molecule has 1 fully saturated rings. The van der Waals surface area contributed by atoms with E-state index in [2.05, 4.69) is 0 Å². The van der Waals surface area contributed by atoms with Crippen molar-refractivity contribution in [2.75, 3.05) is 6.54 Å². The molecule has 0 spiro atoms. The quantitative estimate of drug-likeness (QED) is 0.782. The summed E-state index contributed by atoms with van der Waals surface area (Å²) in [5, 5.41) is 0.498. The van der Waals surface area contributed by atoms with Crippen molar-refractivity contribution in [3.63, 3.8) is 0 Å². The van der Waals surface area contributed by atoms with Crippen LogP contribution in [-0.4, -0.2) is 46.2 Å². The Balaban J connectivity index is 1.62. The molecule has 0 aliphatic carbocycles. The van der Waals surface area contributed by atoms with Gasteiger partial charge in [-0.1, -0.05) is 17.2 Å². The van der Waals surface area contributed by atoms with Gasteiger partial charge in [-0.3, -0.25) is 14.4 Å². The molecule has 3 rings (SSSR count). The number of carbonyl (C=O) groups excluding carboxylic acids is 4. The first-order valence-corrected chi connectivity index (χ1v) is 7.97. The summed E-state index contributed by atoms with van der Waals surface area (Å²) in [6.45, 7) is 2.37. The minimum absolute atomic E-state index is 0.0160. The summed E-state index contributed by atoms with van der Waals surface area (Å²) in [6, 6.07) is 5.97. The third-order valence-electron chi connectivity index (χ3n) is 4.30. The maximum atomic E-state index is 12.1. The first kappa shape index (κ1) is 16.2. The lowest BCUT2D eigenvalue weighted by Gasteiger charge is -2.32. The Bertz CT molecular complexity index is 680. The number of benzene rings is 1. The SMILES string of the molecule is CC(CC(=O)ON1C(=O)c2ccccc2C1=O)N1CCCCC1=O. The molecule has 2 aliphatic rings. The van der Waals surface area contributed by atoms with Crippen molar-refractivity contribution >= 4 is 23.7 Å². The fourth-order valence-corrected chi connectivity index (χ4v) is 3.03. The average molecular weight is 330 g/mol. The zero-order chi connectivity index (χ0) is 17.3. The van der Waals surface area contributed by atoms with Gasteiger partial charge in [-0.15, -0.1) is 0 Å². The molecule has 1 aromatic carbocycles. The number of rotatable bonds is 4. The highest BCUT2D eigenvalue weighted by Gasteiger charge is 2.39. The van der Waals surface area contributed by atoms with Gasteiger partial charge in [-0.2, -0.15) is 0 Å². The highest BCUT2D eigenvalue weighted by Crippen LogP contribution is 2.23. The van der Waals surface area contributed by atoms with Gasteiger partial charge in [0.1, 0.15) is 0 Å². The molecular formula is C17H18N2O5. The number of fused-ring (bicyclic) bond motifs is 1. The lowest BCUT2D eigenvalue weighted by Crippen LogP contribution is -2.43. The number of nitrogens with zero attached hydrogens (tertiary/aromatic N) is 2. The Hall–Kier alpha value is -2.70. The number of hydrogen-bond donors (Lipinski definition) is 0. The molecule has 0 radical (unpaired) electrons. The van der Waals surface area contributed by atoms with Crippen LogP contribution in [0.1, 0.15) is 53.3 Å². The number of hydroxylamine groups is 2. The summed E-state index contributed by atoms with van der Waals surface area (Å²) in [4.78, 5) is 54.9. The number of carbonyl (C=O) groups is 4. The van der Waals surface area contributed by atoms with Gasteiger partial charge in [0.25, 0.3) is 11.8 Å². The molecule has 1 unspecified atom stereocenters. The minimum atomic E-state index is -0.713. The van der Waals surface area contributed by atoms with Gasteiger partial charge < -0.3 is 9.74 Å². The summed E-state index contributed by atoms with van der Waals surface area (Å²) in [5.74, 6) is -1.99. The van der Waals surface area contributed by atoms with Crippen LogP contribution in [-0.2, 0) is 14.4 Å². The Morgan fingerprint density at radius 3 is 2.33 bits per heavy atom. The number of amides is 3. The minimum Gasteiger partial charge on any atom is -0.339 e. The summed E-state index contributed by atoms with van der Waals surface area (Å²) < 4.78 is 0. The van der Waals surface area contributed by atoms with E-state index >= 15 is 0 Å². The van der Waals surface area contributed by atoms with Crippen molar-refractivity contribution in [1.29, 1.82) is 0 Å². The van der Waals surface area contributed by atoms with Crippen molar-refractivity contribution in [2.45, 2.75) is 38.6 Å². The van der Waals surface area contributed by atoms with Gasteiger partial charge in [0.15, 0.2) is 0 Å². The van der Waals surface area contributed by atoms with Gasteiger partial charge >= 0.3 is 5.97 Å². The van der Waals surface area contributed by atoms with E-state index < -0.39 is 17.8 Å². The van der Waals surface area contributed by atoms with Gasteiger partial charge in [0.2, 0.25) is 5.91 Å². The Morgan fingerprint density at radius 1 is 1.12 bits per heavy atom. The molecule has 1 aromatic rings. The van der Waals surface area contributed by atoms with Crippen molar-refractivity contribution in [3.8, 4) is 0 Å². The molecule has 126 valence electrons. The molecular weight excluding hydrogens is 312 g/mol. The smallest absolute Gasteiger partial charge is 0.335 e. The van der Waals surface area contributed by atoms with Gasteiger partial charge in [0.05, 0.1) is 17.5 Å². The zero-order valence-electron chi connectivity index (χ0n) is 13.4. The molecule has 24 heavy (non-hydrogen) atoms. The van der Waals surface area contributed by atoms with Crippen LogP contribution in [0.3, 0.4) is 0 Å². The third-order valence-corrected chi connectivity index (χ3v) is 4.30. The summed E-state index contributed by atoms with van der Waals surface area (Å²) in [6.07, 6.45) is 2.18. The van der Waals surface area contributed by atoms with E-state index in [0.29, 0.717) is 18.0 Å². The van der Waals surface area contributed by atoms with Crippen LogP contribution in [0.15, 0.2) is 24.3 Å². The summed E-state index contributed by atoms with van der Waals surface area (Å²) in [7, 11) is 0. The monoisotopic (exact) mass is 330 g/mol. The highest BCUT2D eigenvalue weighted by molar-refractivity contribution is 6.20. The molecule has 7 nitrogen and oxygen atoms in total. The number of hydrogen-bond acceptors (Lipinski definition) is 5. The Morgan fingerprint density at radius 2 is 1.75 bits per heavy atom. The van der Waals surface area contributed by atoms with E-state index in [0.717, 1.165) is 12.8 Å². The van der Waals surface area contributed by atoms with Crippen molar-refractivity contribution < 1.29 is 24.0 Å². The first-order valence-electron chi connectivity index (χ1n) is 7.97. The second kappa shape index (κ2) is 6.43. The van der Waals surface area contributed by atoms with E-state index in [1.807, 2.05) is 0 Å². The molecule has 1 saturated heterocycles. The second-order valence-corrected chi connectivity index (χ2v) is 6.01. The topological polar surface area (TPSA) is 84.0 Å². The highest BCUT2D eigenvalue weighted by atomic mass is 16.7. The molecule has 0 saturated carbocycles. The van der Waals surface area contributed by atoms with Crippen LogP contribution in [0.2, 0.25) is 0 Å². The number of likely N-dealkylation sites (tertiary alicyclic amines) is 1. The van der Waals surface area contributed by atoms with Crippen LogP contribution in [0.4, 0.5) is 0 Å². The third kappa shape index (κ3) is 2.89. The van der Waals surface area contributed by atoms with Gasteiger partial charge in [-0.05, 0) is 31.9 Å². The predicted molar refractivity (Wildman–Crippen MR) is 82.7 cm³/mol. The van der Waals surface area contributed by atoms with E-state index in [-0.39, 0.29) is 29.5 Å². The predicted octanol–water partition coefficient (Wildman–Crippen LogP) is 1.53. The molecule has 1 atom stereocenters. The van der Waals surface area contributed by atoms with Gasteiger partial charge in [-0.25, -0.2) is 4.79 Å². The molecule has 7 heteroatoms. The molecule has 3 amide bonds. The van der Waals surface area contributed by atoms with Crippen molar-refractivity contribution in [1.82, 2.24) is 9.96 Å². The Labute approximate surface area is 139 Å². The van der Waals surface area contributed by atoms with E-state index in [4.69, 9.17) is 4.84 Å². The molecule has 2 aliphatic heterocycles. The van der Waals surface area contributed by atoms with Crippen molar-refractivity contribution in [2.24, 2.45) is 0 Å². The Kier molecular flexibility index (Phi) is 4.33. The average Bonchev–Trinajstić information content (AvgIpc) is 2.80. The van der Waals surface area contributed by atoms with E-state index in [9.17, 15) is 19.2 Å². The maximum absolute atomic E-state index is 12.1. The zero-order valence-corrected chi connectivity index (χ0v) is 13.4. The van der Waals surface area contributed by atoms with E-state index in [1.165, 1.54) is 12.1 Å².